The van der Waals surface area contributed by atoms with Crippen LogP contribution in [0.4, 0.5) is 0 Å². The Bertz CT molecular complexity index is 346. The minimum Gasteiger partial charge on any atom is -0.374 e. The van der Waals surface area contributed by atoms with Crippen LogP contribution in [-0.4, -0.2) is 55.6 Å². The van der Waals surface area contributed by atoms with Crippen LogP contribution in [0.2, 0.25) is 0 Å². The molecular weight excluding hydrogens is 252 g/mol. The van der Waals surface area contributed by atoms with Crippen LogP contribution in [0.3, 0.4) is 0 Å². The first-order valence-corrected chi connectivity index (χ1v) is 6.50. The molecule has 1 heterocycles. The second-order valence-corrected chi connectivity index (χ2v) is 5.04. The molecule has 6 nitrogen and oxygen atoms in total. The highest BCUT2D eigenvalue weighted by Gasteiger charge is 2.26. The van der Waals surface area contributed by atoms with Crippen LogP contribution < -0.4 is 5.32 Å². The van der Waals surface area contributed by atoms with E-state index in [2.05, 4.69) is 22.0 Å². The third-order valence-electron chi connectivity index (χ3n) is 2.50. The van der Waals surface area contributed by atoms with Gasteiger partial charge >= 0.3 is 0 Å². The molecule has 0 radical (unpaired) electrons. The van der Waals surface area contributed by atoms with Gasteiger partial charge in [0.1, 0.15) is 6.34 Å². The van der Waals surface area contributed by atoms with E-state index in [1.807, 2.05) is 6.92 Å². The summed E-state index contributed by atoms with van der Waals surface area (Å²) >= 11 is 1.66. The summed E-state index contributed by atoms with van der Waals surface area (Å²) in [4.78, 5) is 9.34. The maximum atomic E-state index is 9.62. The zero-order valence-electron chi connectivity index (χ0n) is 11.0. The maximum absolute atomic E-state index is 9.62. The average Bonchev–Trinajstić information content (AvgIpc) is 2.74. The summed E-state index contributed by atoms with van der Waals surface area (Å²) in [5.74, 6) is 0. The number of methoxy groups -OCH3 is 1. The number of ether oxygens (including phenoxy) is 1. The monoisotopic (exact) mass is 272 g/mol. The van der Waals surface area contributed by atoms with Crippen LogP contribution in [0.1, 0.15) is 13.3 Å². The van der Waals surface area contributed by atoms with E-state index in [4.69, 9.17) is 4.74 Å². The molecule has 1 rings (SSSR count). The minimum absolute atomic E-state index is 0.258. The van der Waals surface area contributed by atoms with E-state index in [-0.39, 0.29) is 5.37 Å². The van der Waals surface area contributed by atoms with Crippen molar-refractivity contribution in [3.05, 3.63) is 10.7 Å². The fourth-order valence-electron chi connectivity index (χ4n) is 1.60. The fourth-order valence-corrected chi connectivity index (χ4v) is 2.82. The van der Waals surface area contributed by atoms with Crippen molar-refractivity contribution in [3.63, 3.8) is 0 Å². The molecule has 2 unspecified atom stereocenters. The molecule has 1 aliphatic heterocycles. The molecule has 0 aromatic rings. The molecule has 1 aliphatic rings. The molecule has 0 fully saturated rings. The Kier molecular flexibility index (Phi) is 6.17. The summed E-state index contributed by atoms with van der Waals surface area (Å²) in [6.45, 7) is 6.01. The van der Waals surface area contributed by atoms with Crippen molar-refractivity contribution in [2.75, 3.05) is 20.7 Å². The van der Waals surface area contributed by atoms with Crippen molar-refractivity contribution in [3.8, 4) is 0 Å². The van der Waals surface area contributed by atoms with Gasteiger partial charge in [-0.2, -0.15) is 0 Å². The first-order valence-electron chi connectivity index (χ1n) is 5.62. The lowest BCUT2D eigenvalue weighted by molar-refractivity contribution is -0.152. The van der Waals surface area contributed by atoms with Gasteiger partial charge in [-0.1, -0.05) is 11.8 Å². The zero-order valence-corrected chi connectivity index (χ0v) is 11.8. The number of aliphatic hydroxyl groups excluding tert-OH is 1. The third-order valence-corrected chi connectivity index (χ3v) is 3.95. The Morgan fingerprint density at radius 3 is 3.06 bits per heavy atom. The average molecular weight is 272 g/mol. The summed E-state index contributed by atoms with van der Waals surface area (Å²) in [7, 11) is 3.27. The Hall–Kier alpha value is -1.05. The molecule has 0 spiro atoms. The van der Waals surface area contributed by atoms with Crippen molar-refractivity contribution >= 4 is 24.8 Å². The molecule has 7 heteroatoms. The van der Waals surface area contributed by atoms with E-state index in [9.17, 15) is 5.11 Å². The van der Waals surface area contributed by atoms with Gasteiger partial charge in [-0.25, -0.2) is 0 Å². The van der Waals surface area contributed by atoms with Crippen molar-refractivity contribution in [2.45, 2.75) is 25.1 Å². The molecule has 102 valence electrons. The maximum Gasteiger partial charge on any atom is 0.237 e. The van der Waals surface area contributed by atoms with Crippen LogP contribution in [0.15, 0.2) is 20.7 Å². The number of aliphatic hydroxyl groups is 1. The van der Waals surface area contributed by atoms with E-state index >= 15 is 0 Å². The smallest absolute Gasteiger partial charge is 0.237 e. The van der Waals surface area contributed by atoms with Gasteiger partial charge in [0.05, 0.1) is 10.4 Å². The number of nitrogens with one attached hydrogen (secondary N) is 1. The molecule has 0 aliphatic carbocycles. The number of hydrogen-bond acceptors (Lipinski definition) is 6. The van der Waals surface area contributed by atoms with Gasteiger partial charge in [-0.15, -0.1) is 0 Å². The van der Waals surface area contributed by atoms with E-state index < -0.39 is 6.41 Å². The Morgan fingerprint density at radius 1 is 1.72 bits per heavy atom. The molecule has 2 N–H and O–H groups in total. The van der Waals surface area contributed by atoms with Crippen LogP contribution in [-0.2, 0) is 4.74 Å². The molecule has 0 saturated carbocycles. The standard InChI is InChI=1S/C11H20N4O2S/c1-8-10(15(3)11(16)17-4)18-9(14-8)5-6-13-7-12-2/h7,9,11,14,16H,2,5-6H2,1,3-4H3. The molecule has 0 saturated heterocycles. The Labute approximate surface area is 112 Å². The highest BCUT2D eigenvalue weighted by Crippen LogP contribution is 2.34. The first kappa shape index (κ1) is 15.0. The molecule has 18 heavy (non-hydrogen) atoms. The lowest BCUT2D eigenvalue weighted by Crippen LogP contribution is -2.31. The van der Waals surface area contributed by atoms with E-state index in [0.29, 0.717) is 6.54 Å². The molecule has 2 atom stereocenters. The van der Waals surface area contributed by atoms with Crippen LogP contribution in [0.5, 0.6) is 0 Å². The number of nitrogens with zero attached hydrogens (tertiary/aromatic N) is 3. The largest absolute Gasteiger partial charge is 0.374 e. The molecule has 0 amide bonds. The topological polar surface area (TPSA) is 69.5 Å². The van der Waals surface area contributed by atoms with Gasteiger partial charge < -0.3 is 20.1 Å². The number of aliphatic imine (C=N–C) groups is 2. The van der Waals surface area contributed by atoms with E-state index in [0.717, 1.165) is 17.1 Å². The highest BCUT2D eigenvalue weighted by atomic mass is 32.2. The van der Waals surface area contributed by atoms with Gasteiger partial charge in [0.25, 0.3) is 0 Å². The van der Waals surface area contributed by atoms with Gasteiger partial charge in [0.2, 0.25) is 6.41 Å². The van der Waals surface area contributed by atoms with Crippen molar-refractivity contribution in [2.24, 2.45) is 9.98 Å². The van der Waals surface area contributed by atoms with Crippen LogP contribution in [0.25, 0.3) is 0 Å². The predicted molar refractivity (Wildman–Crippen MR) is 75.5 cm³/mol. The molecule has 0 bridgehead atoms. The zero-order chi connectivity index (χ0) is 13.5. The number of allylic oxidation sites excluding steroid dienone is 1. The predicted octanol–water partition coefficient (Wildman–Crippen LogP) is 0.811. The minimum atomic E-state index is -0.925. The highest BCUT2D eigenvalue weighted by molar-refractivity contribution is 8.03. The summed E-state index contributed by atoms with van der Waals surface area (Å²) < 4.78 is 4.88. The van der Waals surface area contributed by atoms with Crippen molar-refractivity contribution in [1.82, 2.24) is 10.2 Å². The fraction of sp³-hybridized carbons (Fsp3) is 0.636. The van der Waals surface area contributed by atoms with Gasteiger partial charge in [-0.3, -0.25) is 9.98 Å². The molecule has 0 aromatic carbocycles. The van der Waals surface area contributed by atoms with Crippen LogP contribution >= 0.6 is 11.8 Å². The van der Waals surface area contributed by atoms with Gasteiger partial charge in [0, 0.05) is 26.4 Å². The summed E-state index contributed by atoms with van der Waals surface area (Å²) in [6.07, 6.45) is 1.42. The quantitative estimate of drug-likeness (QED) is 0.408. The molecule has 0 aromatic heterocycles. The number of hydrogen-bond donors (Lipinski definition) is 2. The lowest BCUT2D eigenvalue weighted by atomic mass is 10.4. The van der Waals surface area contributed by atoms with Crippen LogP contribution in [0, 0.1) is 0 Å². The van der Waals surface area contributed by atoms with E-state index in [1.54, 1.807) is 23.7 Å². The third kappa shape index (κ3) is 4.01. The lowest BCUT2D eigenvalue weighted by Gasteiger charge is -2.24. The number of rotatable bonds is 7. The van der Waals surface area contributed by atoms with Crippen molar-refractivity contribution in [1.29, 1.82) is 0 Å². The van der Waals surface area contributed by atoms with Gasteiger partial charge in [0.15, 0.2) is 0 Å². The SMILES string of the molecule is C=NC=NCCC1NC(C)=C(N(C)C(O)OC)S1. The second kappa shape index (κ2) is 7.40. The normalized spacial score (nSPS) is 21.2. The van der Waals surface area contributed by atoms with E-state index in [1.165, 1.54) is 13.4 Å². The summed E-state index contributed by atoms with van der Waals surface area (Å²) in [6, 6.07) is 0. The van der Waals surface area contributed by atoms with Gasteiger partial charge in [-0.05, 0) is 20.1 Å². The van der Waals surface area contributed by atoms with Crippen molar-refractivity contribution < 1.29 is 9.84 Å². The first-order chi connectivity index (χ1) is 8.60. The number of thioether (sulfide) groups is 1. The summed E-state index contributed by atoms with van der Waals surface area (Å²) in [5, 5.41) is 14.2. The summed E-state index contributed by atoms with van der Waals surface area (Å²) in [5.41, 5.74) is 1.04. The molecular formula is C11H20N4O2S. The Balaban J connectivity index is 2.46. The Morgan fingerprint density at radius 2 is 2.44 bits per heavy atom. The second-order valence-electron chi connectivity index (χ2n) is 3.85.